The highest BCUT2D eigenvalue weighted by molar-refractivity contribution is 5.99. The van der Waals surface area contributed by atoms with E-state index in [9.17, 15) is 9.18 Å². The minimum atomic E-state index is -0.406. The SMILES string of the molecule is CNc1c(F)cccc1C(=O)NC1CCN(C)CC1C. The number of carbonyl (C=O) groups excluding carboxylic acids is 1. The summed E-state index contributed by atoms with van der Waals surface area (Å²) < 4.78 is 13.7. The van der Waals surface area contributed by atoms with Crippen LogP contribution in [0.3, 0.4) is 0 Å². The van der Waals surface area contributed by atoms with E-state index in [-0.39, 0.29) is 17.6 Å². The van der Waals surface area contributed by atoms with Gasteiger partial charge in [-0.05, 0) is 38.1 Å². The molecule has 4 nitrogen and oxygen atoms in total. The number of benzene rings is 1. The zero-order chi connectivity index (χ0) is 14.7. The predicted octanol–water partition coefficient (Wildman–Crippen LogP) is 1.94. The summed E-state index contributed by atoms with van der Waals surface area (Å²) >= 11 is 0. The van der Waals surface area contributed by atoms with Crippen LogP contribution in [-0.4, -0.2) is 44.0 Å². The lowest BCUT2D eigenvalue weighted by atomic mass is 9.94. The molecular formula is C15H22FN3O. The van der Waals surface area contributed by atoms with E-state index >= 15 is 0 Å². The van der Waals surface area contributed by atoms with Gasteiger partial charge in [0.25, 0.3) is 5.91 Å². The molecular weight excluding hydrogens is 257 g/mol. The molecule has 1 saturated heterocycles. The zero-order valence-corrected chi connectivity index (χ0v) is 12.2. The number of likely N-dealkylation sites (tertiary alicyclic amines) is 1. The molecule has 1 aromatic carbocycles. The maximum atomic E-state index is 13.7. The van der Waals surface area contributed by atoms with Gasteiger partial charge >= 0.3 is 0 Å². The average molecular weight is 279 g/mol. The highest BCUT2D eigenvalue weighted by Crippen LogP contribution is 2.21. The van der Waals surface area contributed by atoms with Gasteiger partial charge in [0.05, 0.1) is 11.3 Å². The number of anilines is 1. The fraction of sp³-hybridized carbons (Fsp3) is 0.533. The Balaban J connectivity index is 2.11. The number of nitrogens with one attached hydrogen (secondary N) is 2. The molecule has 110 valence electrons. The molecule has 1 aromatic rings. The number of carbonyl (C=O) groups is 1. The summed E-state index contributed by atoms with van der Waals surface area (Å²) in [5.74, 6) is -0.226. The molecule has 1 aliphatic heterocycles. The number of hydrogen-bond acceptors (Lipinski definition) is 3. The van der Waals surface area contributed by atoms with Crippen LogP contribution in [0.1, 0.15) is 23.7 Å². The molecule has 0 aliphatic carbocycles. The first kappa shape index (κ1) is 14.8. The normalized spacial score (nSPS) is 23.4. The van der Waals surface area contributed by atoms with Crippen LogP contribution >= 0.6 is 0 Å². The number of hydrogen-bond donors (Lipinski definition) is 2. The van der Waals surface area contributed by atoms with Gasteiger partial charge in [-0.2, -0.15) is 0 Å². The standard InChI is InChI=1S/C15H22FN3O/c1-10-9-19(3)8-7-13(10)18-15(20)11-5-4-6-12(16)14(11)17-2/h4-6,10,13,17H,7-9H2,1-3H3,(H,18,20). The van der Waals surface area contributed by atoms with E-state index in [4.69, 9.17) is 0 Å². The lowest BCUT2D eigenvalue weighted by Gasteiger charge is -2.35. The van der Waals surface area contributed by atoms with Crippen LogP contribution in [0.25, 0.3) is 0 Å². The summed E-state index contributed by atoms with van der Waals surface area (Å²) in [5.41, 5.74) is 0.615. The first-order valence-corrected chi connectivity index (χ1v) is 6.98. The Kier molecular flexibility index (Phi) is 4.60. The van der Waals surface area contributed by atoms with Crippen molar-refractivity contribution in [2.75, 3.05) is 32.5 Å². The van der Waals surface area contributed by atoms with Crippen molar-refractivity contribution in [2.24, 2.45) is 5.92 Å². The molecule has 0 radical (unpaired) electrons. The van der Waals surface area contributed by atoms with Crippen molar-refractivity contribution in [3.05, 3.63) is 29.6 Å². The lowest BCUT2D eigenvalue weighted by Crippen LogP contribution is -2.48. The molecule has 0 bridgehead atoms. The number of amides is 1. The monoisotopic (exact) mass is 279 g/mol. The summed E-state index contributed by atoms with van der Waals surface area (Å²) in [4.78, 5) is 14.6. The van der Waals surface area contributed by atoms with Crippen LogP contribution in [0.5, 0.6) is 0 Å². The molecule has 5 heteroatoms. The van der Waals surface area contributed by atoms with Crippen LogP contribution in [0, 0.1) is 11.7 Å². The van der Waals surface area contributed by atoms with Crippen LogP contribution in [0.15, 0.2) is 18.2 Å². The topological polar surface area (TPSA) is 44.4 Å². The summed E-state index contributed by atoms with van der Waals surface area (Å²) in [5, 5.41) is 5.79. The maximum Gasteiger partial charge on any atom is 0.253 e. The molecule has 0 aromatic heterocycles. The average Bonchev–Trinajstić information content (AvgIpc) is 2.41. The highest BCUT2D eigenvalue weighted by atomic mass is 19.1. The molecule has 2 N–H and O–H groups in total. The van der Waals surface area contributed by atoms with E-state index in [1.807, 2.05) is 0 Å². The second-order valence-electron chi connectivity index (χ2n) is 5.52. The largest absolute Gasteiger partial charge is 0.385 e. The van der Waals surface area contributed by atoms with E-state index in [0.717, 1.165) is 19.5 Å². The van der Waals surface area contributed by atoms with Gasteiger partial charge in [-0.25, -0.2) is 4.39 Å². The third-order valence-electron chi connectivity index (χ3n) is 3.93. The third-order valence-corrected chi connectivity index (χ3v) is 3.93. The van der Waals surface area contributed by atoms with Gasteiger partial charge in [0.15, 0.2) is 0 Å². The molecule has 1 fully saturated rings. The second kappa shape index (κ2) is 6.22. The zero-order valence-electron chi connectivity index (χ0n) is 12.2. The van der Waals surface area contributed by atoms with E-state index in [1.165, 1.54) is 6.07 Å². The summed E-state index contributed by atoms with van der Waals surface area (Å²) in [6.07, 6.45) is 0.924. The summed E-state index contributed by atoms with van der Waals surface area (Å²) in [6.45, 7) is 4.06. The molecule has 2 rings (SSSR count). The first-order chi connectivity index (χ1) is 9.52. The van der Waals surface area contributed by atoms with E-state index in [0.29, 0.717) is 11.5 Å². The van der Waals surface area contributed by atoms with Crippen LogP contribution in [0.2, 0.25) is 0 Å². The quantitative estimate of drug-likeness (QED) is 0.888. The Labute approximate surface area is 119 Å². The molecule has 20 heavy (non-hydrogen) atoms. The first-order valence-electron chi connectivity index (χ1n) is 6.98. The van der Waals surface area contributed by atoms with Crippen molar-refractivity contribution >= 4 is 11.6 Å². The van der Waals surface area contributed by atoms with Crippen molar-refractivity contribution in [1.82, 2.24) is 10.2 Å². The van der Waals surface area contributed by atoms with Gasteiger partial charge in [-0.1, -0.05) is 13.0 Å². The van der Waals surface area contributed by atoms with Gasteiger partial charge in [0.1, 0.15) is 5.82 Å². The Hall–Kier alpha value is -1.62. The number of nitrogens with zero attached hydrogens (tertiary/aromatic N) is 1. The van der Waals surface area contributed by atoms with Gasteiger partial charge in [0, 0.05) is 19.6 Å². The van der Waals surface area contributed by atoms with Crippen molar-refractivity contribution in [3.63, 3.8) is 0 Å². The molecule has 2 unspecified atom stereocenters. The van der Waals surface area contributed by atoms with E-state index in [1.54, 1.807) is 19.2 Å². The molecule has 0 saturated carbocycles. The van der Waals surface area contributed by atoms with Crippen LogP contribution < -0.4 is 10.6 Å². The van der Waals surface area contributed by atoms with Crippen molar-refractivity contribution in [1.29, 1.82) is 0 Å². The molecule has 1 amide bonds. The molecule has 2 atom stereocenters. The lowest BCUT2D eigenvalue weighted by molar-refractivity contribution is 0.0884. The van der Waals surface area contributed by atoms with Gasteiger partial charge in [0.2, 0.25) is 0 Å². The Morgan fingerprint density at radius 1 is 1.45 bits per heavy atom. The number of para-hydroxylation sites is 1. The number of halogens is 1. The van der Waals surface area contributed by atoms with Gasteiger partial charge in [-0.15, -0.1) is 0 Å². The Bertz CT molecular complexity index is 492. The minimum absolute atomic E-state index is 0.145. The Morgan fingerprint density at radius 2 is 2.20 bits per heavy atom. The van der Waals surface area contributed by atoms with Crippen molar-refractivity contribution in [2.45, 2.75) is 19.4 Å². The predicted molar refractivity (Wildman–Crippen MR) is 78.5 cm³/mol. The van der Waals surface area contributed by atoms with E-state index < -0.39 is 5.82 Å². The fourth-order valence-electron chi connectivity index (χ4n) is 2.78. The second-order valence-corrected chi connectivity index (χ2v) is 5.52. The Morgan fingerprint density at radius 3 is 2.85 bits per heavy atom. The summed E-state index contributed by atoms with van der Waals surface area (Å²) in [7, 11) is 3.70. The van der Waals surface area contributed by atoms with Gasteiger partial charge < -0.3 is 15.5 Å². The van der Waals surface area contributed by atoms with Gasteiger partial charge in [-0.3, -0.25) is 4.79 Å². The highest BCUT2D eigenvalue weighted by Gasteiger charge is 2.26. The van der Waals surface area contributed by atoms with E-state index in [2.05, 4.69) is 29.5 Å². The molecule has 0 spiro atoms. The molecule has 1 aliphatic rings. The molecule has 1 heterocycles. The maximum absolute atomic E-state index is 13.7. The van der Waals surface area contributed by atoms with Crippen molar-refractivity contribution in [3.8, 4) is 0 Å². The number of piperidine rings is 1. The van der Waals surface area contributed by atoms with Crippen LogP contribution in [-0.2, 0) is 0 Å². The third kappa shape index (κ3) is 3.10. The fourth-order valence-corrected chi connectivity index (χ4v) is 2.78. The minimum Gasteiger partial charge on any atom is -0.385 e. The van der Waals surface area contributed by atoms with Crippen molar-refractivity contribution < 1.29 is 9.18 Å². The number of rotatable bonds is 3. The smallest absolute Gasteiger partial charge is 0.253 e. The van der Waals surface area contributed by atoms with Crippen LogP contribution in [0.4, 0.5) is 10.1 Å². The summed E-state index contributed by atoms with van der Waals surface area (Å²) in [6, 6.07) is 4.69.